The van der Waals surface area contributed by atoms with Crippen LogP contribution < -0.4 is 5.73 Å². The molecule has 0 bridgehead atoms. The van der Waals surface area contributed by atoms with Crippen LogP contribution in [0, 0.1) is 12.8 Å². The number of aryl methyl sites for hydroxylation is 1. The highest BCUT2D eigenvalue weighted by Gasteiger charge is 2.29. The molecule has 0 unspecified atom stereocenters. The number of benzene rings is 1. The highest BCUT2D eigenvalue weighted by molar-refractivity contribution is 5.90. The van der Waals surface area contributed by atoms with Crippen molar-refractivity contribution < 1.29 is 9.59 Å². The first-order chi connectivity index (χ1) is 12.4. The highest BCUT2D eigenvalue weighted by atomic mass is 16.2. The molecule has 26 heavy (non-hydrogen) atoms. The van der Waals surface area contributed by atoms with Crippen LogP contribution in [0.4, 0.5) is 0 Å². The van der Waals surface area contributed by atoms with Gasteiger partial charge in [0.1, 0.15) is 5.82 Å². The van der Waals surface area contributed by atoms with E-state index in [2.05, 4.69) is 30.0 Å². The smallest absolute Gasteiger partial charge is 0.293 e. The van der Waals surface area contributed by atoms with Gasteiger partial charge in [0, 0.05) is 19.0 Å². The zero-order valence-corrected chi connectivity index (χ0v) is 15.5. The Balaban J connectivity index is 1.83. The predicted molar refractivity (Wildman–Crippen MR) is 98.0 cm³/mol. The molecular formula is C19H25N5O2. The number of likely N-dealkylation sites (tertiary alicyclic amines) is 1. The largest absolute Gasteiger partial charge is 0.369 e. The van der Waals surface area contributed by atoms with E-state index in [9.17, 15) is 9.59 Å². The van der Waals surface area contributed by atoms with Crippen molar-refractivity contribution in [1.29, 1.82) is 0 Å². The Kier molecular flexibility index (Phi) is 5.06. The number of para-hydroxylation sites is 1. The molecule has 2 heterocycles. The molecule has 2 aromatic rings. The van der Waals surface area contributed by atoms with Gasteiger partial charge in [0.05, 0.1) is 5.69 Å². The summed E-state index contributed by atoms with van der Waals surface area (Å²) in [5.74, 6) is 0.565. The maximum Gasteiger partial charge on any atom is 0.293 e. The molecule has 7 heteroatoms. The number of rotatable bonds is 4. The van der Waals surface area contributed by atoms with E-state index in [4.69, 9.17) is 5.73 Å². The van der Waals surface area contributed by atoms with Gasteiger partial charge < -0.3 is 10.6 Å². The summed E-state index contributed by atoms with van der Waals surface area (Å²) in [7, 11) is 0. The number of nitrogens with zero attached hydrogens (tertiary/aromatic N) is 4. The van der Waals surface area contributed by atoms with Crippen molar-refractivity contribution in [3.8, 4) is 5.69 Å². The molecule has 0 saturated carbocycles. The summed E-state index contributed by atoms with van der Waals surface area (Å²) in [6.45, 7) is 7.10. The predicted octanol–water partition coefficient (Wildman–Crippen LogP) is 2.04. The van der Waals surface area contributed by atoms with Crippen LogP contribution in [0.25, 0.3) is 5.69 Å². The molecule has 1 aliphatic rings. The standard InChI is InChI=1S/C19H25N5O2/c1-12(2)15-6-4-5-7-16(15)24-13(3)21-18(22-24)19(26)23-10-8-14(9-11-23)17(20)25/h4-7,12,14H,8-11H2,1-3H3,(H2,20,25). The SMILES string of the molecule is Cc1nc(C(=O)N2CCC(C(N)=O)CC2)nn1-c1ccccc1C(C)C. The Morgan fingerprint density at radius 2 is 1.85 bits per heavy atom. The fraction of sp³-hybridized carbons (Fsp3) is 0.474. The fourth-order valence-electron chi connectivity index (χ4n) is 3.39. The van der Waals surface area contributed by atoms with Crippen molar-refractivity contribution in [3.05, 3.63) is 41.5 Å². The number of aromatic nitrogens is 3. The first-order valence-electron chi connectivity index (χ1n) is 9.00. The van der Waals surface area contributed by atoms with Crippen LogP contribution in [0.5, 0.6) is 0 Å². The van der Waals surface area contributed by atoms with Gasteiger partial charge in [-0.2, -0.15) is 0 Å². The van der Waals surface area contributed by atoms with Crippen molar-refractivity contribution in [2.45, 2.75) is 39.5 Å². The number of hydrogen-bond acceptors (Lipinski definition) is 4. The van der Waals surface area contributed by atoms with Crippen LogP contribution in [0.15, 0.2) is 24.3 Å². The summed E-state index contributed by atoms with van der Waals surface area (Å²) < 4.78 is 1.73. The molecule has 0 radical (unpaired) electrons. The van der Waals surface area contributed by atoms with Gasteiger partial charge in [-0.3, -0.25) is 9.59 Å². The first-order valence-corrected chi connectivity index (χ1v) is 9.00. The molecule has 1 aliphatic heterocycles. The molecule has 1 aromatic carbocycles. The van der Waals surface area contributed by atoms with Crippen molar-refractivity contribution in [3.63, 3.8) is 0 Å². The molecule has 1 aromatic heterocycles. The van der Waals surface area contributed by atoms with Crippen molar-refractivity contribution in [1.82, 2.24) is 19.7 Å². The van der Waals surface area contributed by atoms with E-state index >= 15 is 0 Å². The molecule has 2 N–H and O–H groups in total. The second-order valence-electron chi connectivity index (χ2n) is 7.08. The molecule has 3 rings (SSSR count). The minimum atomic E-state index is -0.291. The van der Waals surface area contributed by atoms with Gasteiger partial charge >= 0.3 is 0 Å². The van der Waals surface area contributed by atoms with Crippen LogP contribution in [-0.4, -0.2) is 44.6 Å². The van der Waals surface area contributed by atoms with Gasteiger partial charge in [-0.25, -0.2) is 9.67 Å². The number of carbonyl (C=O) groups is 2. The summed E-state index contributed by atoms with van der Waals surface area (Å²) >= 11 is 0. The molecule has 138 valence electrons. The van der Waals surface area contributed by atoms with Crippen LogP contribution in [0.2, 0.25) is 0 Å². The second-order valence-corrected chi connectivity index (χ2v) is 7.08. The summed E-state index contributed by atoms with van der Waals surface area (Å²) in [6, 6.07) is 8.01. The minimum Gasteiger partial charge on any atom is -0.369 e. The number of carbonyl (C=O) groups excluding carboxylic acids is 2. The highest BCUT2D eigenvalue weighted by Crippen LogP contribution is 2.24. The van der Waals surface area contributed by atoms with Gasteiger partial charge in [-0.05, 0) is 37.3 Å². The minimum absolute atomic E-state index is 0.149. The zero-order valence-electron chi connectivity index (χ0n) is 15.5. The van der Waals surface area contributed by atoms with E-state index in [0.717, 1.165) is 11.3 Å². The molecule has 0 aliphatic carbocycles. The number of primary amides is 1. The third-order valence-electron chi connectivity index (χ3n) is 4.93. The maximum absolute atomic E-state index is 12.8. The lowest BCUT2D eigenvalue weighted by Crippen LogP contribution is -2.42. The Morgan fingerprint density at radius 3 is 2.46 bits per heavy atom. The monoisotopic (exact) mass is 355 g/mol. The lowest BCUT2D eigenvalue weighted by atomic mass is 9.96. The quantitative estimate of drug-likeness (QED) is 0.908. The molecule has 0 atom stereocenters. The van der Waals surface area contributed by atoms with E-state index in [1.54, 1.807) is 9.58 Å². The van der Waals surface area contributed by atoms with Crippen molar-refractivity contribution >= 4 is 11.8 Å². The second kappa shape index (κ2) is 7.27. The average molecular weight is 355 g/mol. The Hall–Kier alpha value is -2.70. The molecule has 0 spiro atoms. The molecular weight excluding hydrogens is 330 g/mol. The zero-order chi connectivity index (χ0) is 18.8. The number of hydrogen-bond donors (Lipinski definition) is 1. The summed E-state index contributed by atoms with van der Waals surface area (Å²) in [6.07, 6.45) is 1.19. The molecule has 1 saturated heterocycles. The van der Waals surface area contributed by atoms with Gasteiger partial charge in [-0.1, -0.05) is 32.0 Å². The normalized spacial score (nSPS) is 15.5. The van der Waals surface area contributed by atoms with Crippen LogP contribution >= 0.6 is 0 Å². The van der Waals surface area contributed by atoms with Crippen molar-refractivity contribution in [2.75, 3.05) is 13.1 Å². The van der Waals surface area contributed by atoms with Gasteiger partial charge in [-0.15, -0.1) is 5.10 Å². The van der Waals surface area contributed by atoms with E-state index < -0.39 is 0 Å². The van der Waals surface area contributed by atoms with Gasteiger partial charge in [0.15, 0.2) is 0 Å². The third-order valence-corrected chi connectivity index (χ3v) is 4.93. The number of nitrogens with two attached hydrogens (primary N) is 1. The third kappa shape index (κ3) is 3.47. The van der Waals surface area contributed by atoms with Crippen LogP contribution in [-0.2, 0) is 4.79 Å². The Bertz CT molecular complexity index is 819. The van der Waals surface area contributed by atoms with Crippen LogP contribution in [0.3, 0.4) is 0 Å². The van der Waals surface area contributed by atoms with Gasteiger partial charge in [0.25, 0.3) is 5.91 Å². The number of amides is 2. The van der Waals surface area contributed by atoms with E-state index in [0.29, 0.717) is 37.7 Å². The van der Waals surface area contributed by atoms with E-state index in [-0.39, 0.29) is 23.6 Å². The average Bonchev–Trinajstić information content (AvgIpc) is 3.02. The first kappa shape index (κ1) is 18.1. The molecule has 1 fully saturated rings. The number of piperidine rings is 1. The summed E-state index contributed by atoms with van der Waals surface area (Å²) in [5.41, 5.74) is 7.45. The Morgan fingerprint density at radius 1 is 1.19 bits per heavy atom. The van der Waals surface area contributed by atoms with Gasteiger partial charge in [0.2, 0.25) is 11.7 Å². The van der Waals surface area contributed by atoms with Crippen molar-refractivity contribution in [2.24, 2.45) is 11.7 Å². The topological polar surface area (TPSA) is 94.1 Å². The van der Waals surface area contributed by atoms with E-state index in [1.165, 1.54) is 0 Å². The molecule has 2 amide bonds. The van der Waals surface area contributed by atoms with E-state index in [1.807, 2.05) is 25.1 Å². The lowest BCUT2D eigenvalue weighted by molar-refractivity contribution is -0.123. The van der Waals surface area contributed by atoms with Crippen LogP contribution in [0.1, 0.15) is 54.6 Å². The maximum atomic E-state index is 12.8. The summed E-state index contributed by atoms with van der Waals surface area (Å²) in [5, 5.41) is 4.48. The Labute approximate surface area is 153 Å². The summed E-state index contributed by atoms with van der Waals surface area (Å²) in [4.78, 5) is 30.1. The molecule has 7 nitrogen and oxygen atoms in total. The fourth-order valence-corrected chi connectivity index (χ4v) is 3.39. The lowest BCUT2D eigenvalue weighted by Gasteiger charge is -2.29.